The van der Waals surface area contributed by atoms with Crippen LogP contribution in [0.2, 0.25) is 19.6 Å². The first-order chi connectivity index (χ1) is 4.56. The van der Waals surface area contributed by atoms with E-state index in [0.717, 1.165) is 23.5 Å². The molecule has 1 nitrogen and oxygen atoms in total. The van der Waals surface area contributed by atoms with Crippen molar-refractivity contribution < 1.29 is 4.43 Å². The summed E-state index contributed by atoms with van der Waals surface area (Å²) in [7, 11) is -0.0595. The Hall–Kier alpha value is 0.134. The van der Waals surface area contributed by atoms with E-state index in [9.17, 15) is 0 Å². The van der Waals surface area contributed by atoms with Gasteiger partial charge in [0.1, 0.15) is 10.5 Å². The van der Waals surface area contributed by atoms with E-state index in [4.69, 9.17) is 4.43 Å². The van der Waals surface area contributed by atoms with Gasteiger partial charge in [0.15, 0.2) is 0 Å². The van der Waals surface area contributed by atoms with Gasteiger partial charge in [0.25, 0.3) is 0 Å². The minimum atomic E-state index is -0.932. The standard InChI is InChI=1S/C7H18OSi2/c1-10(2,3)7-5-4-6-8-9/h5,7H,4,6H2,1-3,9H3. The Bertz CT molecular complexity index is 105. The highest BCUT2D eigenvalue weighted by atomic mass is 28.3. The Morgan fingerprint density at radius 3 is 2.40 bits per heavy atom. The highest BCUT2D eigenvalue weighted by molar-refractivity contribution is 6.80. The van der Waals surface area contributed by atoms with E-state index in [0.29, 0.717) is 0 Å². The lowest BCUT2D eigenvalue weighted by atomic mass is 10.5. The lowest BCUT2D eigenvalue weighted by molar-refractivity contribution is 0.358. The van der Waals surface area contributed by atoms with Gasteiger partial charge in [0.2, 0.25) is 0 Å². The SMILES string of the molecule is C[Si](C)(C)C=CCCO[SiH3]. The molecule has 0 unspecified atom stereocenters. The monoisotopic (exact) mass is 174 g/mol. The summed E-state index contributed by atoms with van der Waals surface area (Å²) in [5.41, 5.74) is 2.37. The highest BCUT2D eigenvalue weighted by Gasteiger charge is 2.05. The Morgan fingerprint density at radius 2 is 2.00 bits per heavy atom. The molecule has 10 heavy (non-hydrogen) atoms. The molecule has 0 aromatic carbocycles. The maximum atomic E-state index is 5.06. The Kier molecular flexibility index (Phi) is 4.94. The Morgan fingerprint density at radius 1 is 1.40 bits per heavy atom. The molecule has 0 aromatic heterocycles. The van der Waals surface area contributed by atoms with Crippen molar-refractivity contribution in [3.8, 4) is 0 Å². The molecule has 0 fully saturated rings. The molecule has 0 heterocycles. The first kappa shape index (κ1) is 10.1. The van der Waals surface area contributed by atoms with Crippen molar-refractivity contribution >= 4 is 18.6 Å². The quantitative estimate of drug-likeness (QED) is 0.458. The molecule has 0 aliphatic heterocycles. The van der Waals surface area contributed by atoms with Gasteiger partial charge in [-0.3, -0.25) is 0 Å². The summed E-state index contributed by atoms with van der Waals surface area (Å²) in [5, 5.41) is 0. The van der Waals surface area contributed by atoms with E-state index in [1.807, 2.05) is 0 Å². The molecule has 60 valence electrons. The Balaban J connectivity index is 3.37. The highest BCUT2D eigenvalue weighted by Crippen LogP contribution is 2.02. The maximum absolute atomic E-state index is 5.06. The molecule has 0 radical (unpaired) electrons. The molecule has 0 amide bonds. The lowest BCUT2D eigenvalue weighted by Crippen LogP contribution is -2.15. The second kappa shape index (κ2) is 4.87. The van der Waals surface area contributed by atoms with Gasteiger partial charge in [-0.05, 0) is 6.42 Å². The fraction of sp³-hybridized carbons (Fsp3) is 0.714. The number of hydrogen-bond donors (Lipinski definition) is 0. The van der Waals surface area contributed by atoms with Crippen molar-refractivity contribution in [2.45, 2.75) is 26.1 Å². The van der Waals surface area contributed by atoms with Gasteiger partial charge in [0, 0.05) is 6.61 Å². The molecule has 0 saturated carbocycles. The fourth-order valence-electron chi connectivity index (χ4n) is 0.623. The van der Waals surface area contributed by atoms with Crippen LogP contribution in [0.4, 0.5) is 0 Å². The summed E-state index contributed by atoms with van der Waals surface area (Å²) in [6.45, 7) is 7.92. The second-order valence-electron chi connectivity index (χ2n) is 3.55. The third-order valence-corrected chi connectivity index (χ3v) is 2.75. The first-order valence-electron chi connectivity index (χ1n) is 3.73. The average Bonchev–Trinajstić information content (AvgIpc) is 1.78. The normalized spacial score (nSPS) is 13.1. The maximum Gasteiger partial charge on any atom is 0.145 e. The molecule has 0 atom stereocenters. The summed E-state index contributed by atoms with van der Waals surface area (Å²) < 4.78 is 5.06. The lowest BCUT2D eigenvalue weighted by Gasteiger charge is -2.07. The minimum absolute atomic E-state index is 0.873. The van der Waals surface area contributed by atoms with Crippen molar-refractivity contribution in [1.29, 1.82) is 0 Å². The van der Waals surface area contributed by atoms with Crippen LogP contribution in [0, 0.1) is 0 Å². The molecule has 3 heteroatoms. The fourth-order valence-corrected chi connectivity index (χ4v) is 1.73. The molecular formula is C7H18OSi2. The summed E-state index contributed by atoms with van der Waals surface area (Å²) in [6, 6.07) is 0. The van der Waals surface area contributed by atoms with E-state index in [-0.39, 0.29) is 0 Å². The van der Waals surface area contributed by atoms with Gasteiger partial charge in [-0.15, -0.1) is 0 Å². The van der Waals surface area contributed by atoms with Crippen LogP contribution in [0.3, 0.4) is 0 Å². The largest absolute Gasteiger partial charge is 0.428 e. The van der Waals surface area contributed by atoms with E-state index < -0.39 is 8.07 Å². The van der Waals surface area contributed by atoms with Crippen molar-refractivity contribution in [2.24, 2.45) is 0 Å². The number of rotatable bonds is 4. The predicted molar refractivity (Wildman–Crippen MR) is 53.0 cm³/mol. The Labute approximate surface area is 68.0 Å². The molecule has 0 aromatic rings. The van der Waals surface area contributed by atoms with Gasteiger partial charge in [-0.2, -0.15) is 0 Å². The second-order valence-corrected chi connectivity index (χ2v) is 9.19. The van der Waals surface area contributed by atoms with E-state index >= 15 is 0 Å². The van der Waals surface area contributed by atoms with Crippen LogP contribution < -0.4 is 0 Å². The van der Waals surface area contributed by atoms with Crippen molar-refractivity contribution in [1.82, 2.24) is 0 Å². The smallest absolute Gasteiger partial charge is 0.145 e. The predicted octanol–water partition coefficient (Wildman–Crippen LogP) is 1.11. The summed E-state index contributed by atoms with van der Waals surface area (Å²) >= 11 is 0. The average molecular weight is 174 g/mol. The van der Waals surface area contributed by atoms with Gasteiger partial charge < -0.3 is 4.43 Å². The van der Waals surface area contributed by atoms with E-state index in [2.05, 4.69) is 31.4 Å². The van der Waals surface area contributed by atoms with Gasteiger partial charge in [-0.25, -0.2) is 0 Å². The van der Waals surface area contributed by atoms with Crippen LogP contribution in [0.1, 0.15) is 6.42 Å². The third kappa shape index (κ3) is 8.13. The first-order valence-corrected chi connectivity index (χ1v) is 8.12. The third-order valence-electron chi connectivity index (χ3n) is 1.11. The van der Waals surface area contributed by atoms with E-state index in [1.54, 1.807) is 0 Å². The van der Waals surface area contributed by atoms with Gasteiger partial charge >= 0.3 is 0 Å². The number of hydrogen-bond acceptors (Lipinski definition) is 1. The zero-order chi connectivity index (χ0) is 8.04. The molecule has 0 N–H and O–H groups in total. The summed E-state index contributed by atoms with van der Waals surface area (Å²) in [5.74, 6) is 0. The van der Waals surface area contributed by atoms with Gasteiger partial charge in [0.05, 0.1) is 8.07 Å². The topological polar surface area (TPSA) is 9.23 Å². The van der Waals surface area contributed by atoms with Crippen LogP contribution in [0.15, 0.2) is 11.8 Å². The van der Waals surface area contributed by atoms with Crippen LogP contribution in [0.5, 0.6) is 0 Å². The molecule has 0 spiro atoms. The zero-order valence-corrected chi connectivity index (χ0v) is 10.5. The van der Waals surface area contributed by atoms with Crippen molar-refractivity contribution in [3.05, 3.63) is 11.8 Å². The van der Waals surface area contributed by atoms with Gasteiger partial charge in [-0.1, -0.05) is 31.4 Å². The minimum Gasteiger partial charge on any atom is -0.428 e. The van der Waals surface area contributed by atoms with Crippen LogP contribution >= 0.6 is 0 Å². The summed E-state index contributed by atoms with van der Waals surface area (Å²) in [6.07, 6.45) is 3.35. The van der Waals surface area contributed by atoms with Crippen LogP contribution in [-0.2, 0) is 4.43 Å². The molecule has 0 bridgehead atoms. The summed E-state index contributed by atoms with van der Waals surface area (Å²) in [4.78, 5) is 0. The zero-order valence-electron chi connectivity index (χ0n) is 7.48. The molecular weight excluding hydrogens is 156 g/mol. The molecule has 0 aliphatic carbocycles. The molecule has 0 saturated heterocycles. The van der Waals surface area contributed by atoms with E-state index in [1.165, 1.54) is 0 Å². The van der Waals surface area contributed by atoms with Crippen molar-refractivity contribution in [2.75, 3.05) is 6.61 Å². The van der Waals surface area contributed by atoms with Crippen LogP contribution in [-0.4, -0.2) is 25.2 Å². The molecule has 0 rings (SSSR count). The van der Waals surface area contributed by atoms with Crippen LogP contribution in [0.25, 0.3) is 0 Å². The van der Waals surface area contributed by atoms with Crippen molar-refractivity contribution in [3.63, 3.8) is 0 Å². The molecule has 0 aliphatic rings.